The molecule has 0 amide bonds. The number of hydrogen-bond acceptors (Lipinski definition) is 6. The number of nitrogens with zero attached hydrogens (tertiary/aromatic N) is 3. The summed E-state index contributed by atoms with van der Waals surface area (Å²) in [5, 5.41) is 3.39. The number of nitrogens with one attached hydrogen (secondary N) is 1. The van der Waals surface area contributed by atoms with E-state index in [9.17, 15) is 4.79 Å². The minimum Gasteiger partial charge on any atom is -0.469 e. The predicted molar refractivity (Wildman–Crippen MR) is 109 cm³/mol. The fourth-order valence-electron chi connectivity index (χ4n) is 3.40. The zero-order valence-electron chi connectivity index (χ0n) is 16.4. The highest BCUT2D eigenvalue weighted by atomic mass is 16.5. The normalized spacial score (nSPS) is 14.3. The molecule has 28 heavy (non-hydrogen) atoms. The average molecular weight is 380 g/mol. The Labute approximate surface area is 166 Å². The van der Waals surface area contributed by atoms with Crippen LogP contribution in [0, 0.1) is 0 Å². The van der Waals surface area contributed by atoms with Gasteiger partial charge in [0.25, 0.3) is 0 Å². The lowest BCUT2D eigenvalue weighted by Gasteiger charge is -2.17. The number of aromatic nitrogens is 3. The zero-order valence-corrected chi connectivity index (χ0v) is 16.4. The Balaban J connectivity index is 1.46. The molecule has 0 saturated heterocycles. The molecule has 0 spiro atoms. The third kappa shape index (κ3) is 5.87. The number of rotatable bonds is 9. The lowest BCUT2D eigenvalue weighted by molar-refractivity contribution is -0.140. The molecule has 1 N–H and O–H groups in total. The van der Waals surface area contributed by atoms with Crippen LogP contribution in [0.25, 0.3) is 0 Å². The van der Waals surface area contributed by atoms with Gasteiger partial charge < -0.3 is 10.1 Å². The van der Waals surface area contributed by atoms with Crippen molar-refractivity contribution in [1.82, 2.24) is 15.0 Å². The predicted octanol–water partition coefficient (Wildman–Crippen LogP) is 3.85. The van der Waals surface area contributed by atoms with E-state index < -0.39 is 0 Å². The number of methoxy groups -OCH3 is 1. The Morgan fingerprint density at radius 1 is 1.29 bits per heavy atom. The standard InChI is InChI=1S/C22H28N4O2/c1-28-21(27)13-18(19-14-23-16-24-15-19)7-4-2-3-5-9-20-11-10-17-8-6-12-25-22(17)26-20/h4,7,10-11,14-16,18H,2-3,5-6,8-9,12-13H2,1H3,(H,25,26)/b7-4+/t18-/m0/s1. The van der Waals surface area contributed by atoms with E-state index in [-0.39, 0.29) is 11.9 Å². The molecule has 2 aromatic rings. The molecule has 0 unspecified atom stereocenters. The Hall–Kier alpha value is -2.76. The van der Waals surface area contributed by atoms with Gasteiger partial charge in [0, 0.05) is 30.6 Å². The van der Waals surface area contributed by atoms with Crippen molar-refractivity contribution in [2.24, 2.45) is 0 Å². The highest BCUT2D eigenvalue weighted by Gasteiger charge is 2.14. The van der Waals surface area contributed by atoms with Crippen LogP contribution in [0.1, 0.15) is 54.8 Å². The molecule has 0 saturated carbocycles. The number of ether oxygens (including phenoxy) is 1. The second-order valence-electron chi connectivity index (χ2n) is 7.07. The Morgan fingerprint density at radius 2 is 2.14 bits per heavy atom. The summed E-state index contributed by atoms with van der Waals surface area (Å²) in [6, 6.07) is 4.37. The van der Waals surface area contributed by atoms with Crippen LogP contribution in [0.3, 0.4) is 0 Å². The maximum atomic E-state index is 11.7. The summed E-state index contributed by atoms with van der Waals surface area (Å²) in [5.74, 6) is 0.784. The topological polar surface area (TPSA) is 77.0 Å². The summed E-state index contributed by atoms with van der Waals surface area (Å²) in [7, 11) is 1.41. The molecule has 6 heteroatoms. The SMILES string of the molecule is COC(=O)C[C@H](/C=C/CCCCc1ccc2c(n1)NCCC2)c1cncnc1. The van der Waals surface area contributed by atoms with Crippen molar-refractivity contribution in [1.29, 1.82) is 0 Å². The number of carbonyl (C=O) groups excluding carboxylic acids is 1. The van der Waals surface area contributed by atoms with Gasteiger partial charge in [0.05, 0.1) is 13.5 Å². The van der Waals surface area contributed by atoms with Crippen LogP contribution >= 0.6 is 0 Å². The van der Waals surface area contributed by atoms with Gasteiger partial charge in [-0.15, -0.1) is 0 Å². The molecule has 148 valence electrons. The van der Waals surface area contributed by atoms with E-state index in [0.29, 0.717) is 6.42 Å². The van der Waals surface area contributed by atoms with Gasteiger partial charge in [-0.1, -0.05) is 18.2 Å². The molecular weight excluding hydrogens is 352 g/mol. The van der Waals surface area contributed by atoms with Crippen LogP contribution in [0.5, 0.6) is 0 Å². The first-order valence-electron chi connectivity index (χ1n) is 9.97. The molecular formula is C22H28N4O2. The third-order valence-electron chi connectivity index (χ3n) is 5.00. The second-order valence-corrected chi connectivity index (χ2v) is 7.07. The first-order chi connectivity index (χ1) is 13.8. The molecule has 2 aromatic heterocycles. The lowest BCUT2D eigenvalue weighted by atomic mass is 9.97. The average Bonchev–Trinajstić information content (AvgIpc) is 2.75. The van der Waals surface area contributed by atoms with Gasteiger partial charge in [-0.3, -0.25) is 4.79 Å². The second kappa shape index (κ2) is 10.5. The third-order valence-corrected chi connectivity index (χ3v) is 5.00. The number of aryl methyl sites for hydroxylation is 2. The molecule has 3 rings (SSSR count). The van der Waals surface area contributed by atoms with Gasteiger partial charge >= 0.3 is 5.97 Å². The number of anilines is 1. The number of carbonyl (C=O) groups is 1. The quantitative estimate of drug-likeness (QED) is 0.405. The number of pyridine rings is 1. The summed E-state index contributed by atoms with van der Waals surface area (Å²) < 4.78 is 4.81. The minimum atomic E-state index is -0.231. The Morgan fingerprint density at radius 3 is 2.96 bits per heavy atom. The molecule has 6 nitrogen and oxygen atoms in total. The summed E-state index contributed by atoms with van der Waals surface area (Å²) in [6.45, 7) is 1.02. The molecule has 0 radical (unpaired) electrons. The lowest BCUT2D eigenvalue weighted by Crippen LogP contribution is -2.13. The van der Waals surface area contributed by atoms with Gasteiger partial charge in [-0.05, 0) is 55.7 Å². The van der Waals surface area contributed by atoms with Crippen LogP contribution in [0.15, 0.2) is 43.0 Å². The summed E-state index contributed by atoms with van der Waals surface area (Å²) in [6.07, 6.45) is 15.9. The van der Waals surface area contributed by atoms with E-state index in [1.54, 1.807) is 12.4 Å². The Bertz CT molecular complexity index is 792. The van der Waals surface area contributed by atoms with E-state index in [2.05, 4.69) is 39.6 Å². The fraction of sp³-hybridized carbons (Fsp3) is 0.455. The molecule has 3 heterocycles. The molecule has 0 bridgehead atoms. The number of allylic oxidation sites excluding steroid dienone is 2. The van der Waals surface area contributed by atoms with E-state index in [1.807, 2.05) is 0 Å². The van der Waals surface area contributed by atoms with Crippen LogP contribution in [0.4, 0.5) is 5.82 Å². The van der Waals surface area contributed by atoms with Gasteiger partial charge in [-0.25, -0.2) is 15.0 Å². The van der Waals surface area contributed by atoms with Crippen LogP contribution in [-0.4, -0.2) is 34.6 Å². The molecule has 1 atom stereocenters. The first-order valence-corrected chi connectivity index (χ1v) is 9.97. The molecule has 1 aliphatic heterocycles. The van der Waals surface area contributed by atoms with Gasteiger partial charge in [0.15, 0.2) is 0 Å². The maximum absolute atomic E-state index is 11.7. The van der Waals surface area contributed by atoms with Crippen molar-refractivity contribution in [3.05, 3.63) is 59.8 Å². The minimum absolute atomic E-state index is 0.0537. The van der Waals surface area contributed by atoms with Crippen LogP contribution in [0.2, 0.25) is 0 Å². The van der Waals surface area contributed by atoms with E-state index in [0.717, 1.165) is 55.7 Å². The van der Waals surface area contributed by atoms with Crippen molar-refractivity contribution < 1.29 is 9.53 Å². The van der Waals surface area contributed by atoms with E-state index >= 15 is 0 Å². The highest BCUT2D eigenvalue weighted by molar-refractivity contribution is 5.70. The number of hydrogen-bond donors (Lipinski definition) is 1. The fourth-order valence-corrected chi connectivity index (χ4v) is 3.40. The molecule has 1 aliphatic rings. The molecule has 0 aliphatic carbocycles. The monoisotopic (exact) mass is 380 g/mol. The van der Waals surface area contributed by atoms with E-state index in [4.69, 9.17) is 9.72 Å². The molecule has 0 fully saturated rings. The van der Waals surface area contributed by atoms with Crippen LogP contribution < -0.4 is 5.32 Å². The Kier molecular flexibility index (Phi) is 7.53. The number of fused-ring (bicyclic) bond motifs is 1. The number of esters is 1. The number of unbranched alkanes of at least 4 members (excludes halogenated alkanes) is 2. The van der Waals surface area contributed by atoms with Gasteiger partial charge in [-0.2, -0.15) is 0 Å². The van der Waals surface area contributed by atoms with Crippen LogP contribution in [-0.2, 0) is 22.4 Å². The first kappa shape index (κ1) is 20.0. The van der Waals surface area contributed by atoms with Gasteiger partial charge in [0.2, 0.25) is 0 Å². The van der Waals surface area contributed by atoms with Gasteiger partial charge in [0.1, 0.15) is 12.1 Å². The maximum Gasteiger partial charge on any atom is 0.306 e. The van der Waals surface area contributed by atoms with Crippen molar-refractivity contribution in [2.45, 2.75) is 50.9 Å². The van der Waals surface area contributed by atoms with E-state index in [1.165, 1.54) is 25.4 Å². The van der Waals surface area contributed by atoms with Crippen molar-refractivity contribution in [2.75, 3.05) is 19.0 Å². The largest absolute Gasteiger partial charge is 0.469 e. The summed E-state index contributed by atoms with van der Waals surface area (Å²) >= 11 is 0. The van der Waals surface area contributed by atoms with Crippen molar-refractivity contribution in [3.8, 4) is 0 Å². The summed E-state index contributed by atoms with van der Waals surface area (Å²) in [5.41, 5.74) is 3.41. The van der Waals surface area contributed by atoms with Crippen molar-refractivity contribution >= 4 is 11.8 Å². The summed E-state index contributed by atoms with van der Waals surface area (Å²) in [4.78, 5) is 24.5. The highest BCUT2D eigenvalue weighted by Crippen LogP contribution is 2.22. The smallest absolute Gasteiger partial charge is 0.306 e. The molecule has 0 aromatic carbocycles. The zero-order chi connectivity index (χ0) is 19.6. The van der Waals surface area contributed by atoms with Crippen molar-refractivity contribution in [3.63, 3.8) is 0 Å².